The van der Waals surface area contributed by atoms with E-state index in [1.54, 1.807) is 6.07 Å². The van der Waals surface area contributed by atoms with Crippen molar-refractivity contribution >= 4 is 11.0 Å². The molecule has 0 aliphatic heterocycles. The van der Waals surface area contributed by atoms with Crippen molar-refractivity contribution < 1.29 is 26.6 Å². The van der Waals surface area contributed by atoms with Gasteiger partial charge >= 0.3 is 0 Å². The molecule has 122 valence electrons. The number of hydrogen-bond acceptors (Lipinski definition) is 3. The van der Waals surface area contributed by atoms with Crippen molar-refractivity contribution in [3.8, 4) is 17.1 Å². The Bertz CT molecular complexity index is 886. The predicted molar refractivity (Wildman–Crippen MR) is 87.2 cm³/mol. The molecule has 0 spiro atoms. The fraction of sp³-hybridized carbons (Fsp3) is 0. The van der Waals surface area contributed by atoms with E-state index in [-0.39, 0.29) is 28.2 Å². The van der Waals surface area contributed by atoms with Crippen LogP contribution in [0.3, 0.4) is 0 Å². The Kier molecular flexibility index (Phi) is 5.58. The minimum Gasteiger partial charge on any atom is -0.748 e. The van der Waals surface area contributed by atoms with Crippen LogP contribution >= 0.6 is 0 Å². The molecule has 0 amide bonds. The van der Waals surface area contributed by atoms with Crippen LogP contribution < -0.4 is 5.43 Å². The van der Waals surface area contributed by atoms with Crippen molar-refractivity contribution in [3.05, 3.63) is 89.1 Å². The molecule has 4 aromatic rings. The number of benzene rings is 1. The zero-order chi connectivity index (χ0) is 15.4. The molecule has 0 saturated heterocycles. The van der Waals surface area contributed by atoms with Gasteiger partial charge < -0.3 is 44.7 Å². The molecule has 4 heteroatoms. The van der Waals surface area contributed by atoms with Gasteiger partial charge in [-0.25, -0.2) is 0 Å². The quantitative estimate of drug-likeness (QED) is 0.413. The number of rotatable bonds is 1. The first-order chi connectivity index (χ1) is 10.7. The average molecular weight is 346 g/mol. The summed E-state index contributed by atoms with van der Waals surface area (Å²) in [6.45, 7) is 0. The van der Waals surface area contributed by atoms with Gasteiger partial charge in [0.1, 0.15) is 11.3 Å². The van der Waals surface area contributed by atoms with Gasteiger partial charge in [0.25, 0.3) is 0 Å². The van der Waals surface area contributed by atoms with Crippen molar-refractivity contribution in [1.29, 1.82) is 0 Å². The molecule has 0 bridgehead atoms. The molecule has 1 aromatic heterocycles. The minimum atomic E-state index is -0.109. The van der Waals surface area contributed by atoms with Gasteiger partial charge in [0.05, 0.1) is 11.1 Å². The fourth-order valence-corrected chi connectivity index (χ4v) is 2.15. The Morgan fingerprint density at radius 1 is 0.957 bits per heavy atom. The van der Waals surface area contributed by atoms with Gasteiger partial charge in [-0.05, 0) is 18.2 Å². The Morgan fingerprint density at radius 2 is 1.57 bits per heavy atom. The molecule has 0 atom stereocenters. The van der Waals surface area contributed by atoms with Crippen molar-refractivity contribution in [2.45, 2.75) is 0 Å². The van der Waals surface area contributed by atoms with Crippen LogP contribution in [-0.4, -0.2) is 5.11 Å². The van der Waals surface area contributed by atoms with Gasteiger partial charge in [-0.1, -0.05) is 5.56 Å². The summed E-state index contributed by atoms with van der Waals surface area (Å²) >= 11 is 0. The second kappa shape index (κ2) is 7.63. The molecule has 0 fully saturated rings. The van der Waals surface area contributed by atoms with Crippen molar-refractivity contribution in [3.63, 3.8) is 0 Å². The molecule has 0 radical (unpaired) electrons. The maximum atomic E-state index is 11.9. The molecular weight excluding hydrogens is 332 g/mol. The van der Waals surface area contributed by atoms with Crippen LogP contribution in [0.15, 0.2) is 88.1 Å². The van der Waals surface area contributed by atoms with E-state index in [2.05, 4.69) is 0 Å². The van der Waals surface area contributed by atoms with E-state index in [9.17, 15) is 9.90 Å². The molecule has 0 saturated carbocycles. The maximum absolute atomic E-state index is 11.9. The van der Waals surface area contributed by atoms with E-state index in [0.29, 0.717) is 16.7 Å². The monoisotopic (exact) mass is 346 g/mol. The Labute approximate surface area is 144 Å². The second-order valence-corrected chi connectivity index (χ2v) is 4.79. The van der Waals surface area contributed by atoms with Crippen LogP contribution in [0.2, 0.25) is 0 Å². The molecule has 1 heterocycles. The summed E-state index contributed by atoms with van der Waals surface area (Å²) < 4.78 is 5.61. The number of hydrogen-bond donors (Lipinski definition) is 1. The summed E-state index contributed by atoms with van der Waals surface area (Å²) in [5, 5.41) is 9.85. The smallest absolute Gasteiger partial charge is 0.153 e. The second-order valence-electron chi connectivity index (χ2n) is 4.79. The fourth-order valence-electron chi connectivity index (χ4n) is 2.15. The van der Waals surface area contributed by atoms with E-state index >= 15 is 0 Å². The first kappa shape index (κ1) is 16.8. The largest absolute Gasteiger partial charge is 0.748 e. The topological polar surface area (TPSA) is 50.4 Å². The third-order valence-electron chi connectivity index (χ3n) is 3.22. The van der Waals surface area contributed by atoms with E-state index in [1.165, 1.54) is 18.2 Å². The maximum Gasteiger partial charge on any atom is 0.153 e. The number of fused-ring (bicyclic) bond motifs is 1. The minimum absolute atomic E-state index is 0. The molecule has 4 rings (SSSR count). The van der Waals surface area contributed by atoms with Gasteiger partial charge in [0, 0.05) is 23.1 Å². The molecular formula is C19H14FeO3-6. The third-order valence-corrected chi connectivity index (χ3v) is 3.22. The summed E-state index contributed by atoms with van der Waals surface area (Å²) in [4.78, 5) is 11.9. The van der Waals surface area contributed by atoms with Crippen molar-refractivity contribution in [2.75, 3.05) is 0 Å². The van der Waals surface area contributed by atoms with Crippen LogP contribution in [0.4, 0.5) is 0 Å². The summed E-state index contributed by atoms with van der Waals surface area (Å²) in [7, 11) is 0. The van der Waals surface area contributed by atoms with Crippen LogP contribution in [0, 0.1) is 0 Å². The number of phenolic OH excluding ortho intramolecular Hbond substituents is 1. The Hall–Kier alpha value is -2.55. The van der Waals surface area contributed by atoms with Crippen LogP contribution in [0.25, 0.3) is 22.3 Å². The van der Waals surface area contributed by atoms with E-state index in [1.807, 2.05) is 54.6 Å². The Morgan fingerprint density at radius 3 is 2.17 bits per heavy atom. The first-order valence-corrected chi connectivity index (χ1v) is 6.90. The van der Waals surface area contributed by atoms with Gasteiger partial charge in [0.2, 0.25) is 0 Å². The van der Waals surface area contributed by atoms with E-state index in [4.69, 9.17) is 4.42 Å². The van der Waals surface area contributed by atoms with Crippen LogP contribution in [-0.2, 0) is 17.1 Å². The molecule has 0 unspecified atom stereocenters. The van der Waals surface area contributed by atoms with Gasteiger partial charge in [-0.3, -0.25) is 0 Å². The number of phenols is 1. The zero-order valence-electron chi connectivity index (χ0n) is 12.1. The number of aromatic hydroxyl groups is 1. The SMILES string of the molecule is O=c1cc(-[c-]2cccc2)oc2cc(O)ccc12.[Fe].[cH-]1[cH-][cH-][cH-][cH-]1. The molecule has 23 heavy (non-hydrogen) atoms. The normalized spacial score (nSPS) is 9.74. The molecule has 0 aliphatic rings. The summed E-state index contributed by atoms with van der Waals surface area (Å²) in [5.74, 6) is 0.596. The van der Waals surface area contributed by atoms with Gasteiger partial charge in [-0.15, -0.1) is 12.1 Å². The predicted octanol–water partition coefficient (Wildman–Crippen LogP) is 4.29. The first-order valence-electron chi connectivity index (χ1n) is 6.90. The third kappa shape index (κ3) is 4.01. The molecule has 0 aliphatic carbocycles. The van der Waals surface area contributed by atoms with E-state index < -0.39 is 0 Å². The summed E-state index contributed by atoms with van der Waals surface area (Å²) in [6.07, 6.45) is 0. The molecule has 3 aromatic carbocycles. The van der Waals surface area contributed by atoms with Crippen molar-refractivity contribution in [2.24, 2.45) is 0 Å². The Balaban J connectivity index is 0.000000276. The standard InChI is InChI=1S/C14H9O3.C5H5.Fe/c15-10-5-6-11-12(16)8-13(17-14(11)7-10)9-3-1-2-4-9;1-2-4-5-3-1;/h1-8,15H;1-5H;/q-1;-5;. The van der Waals surface area contributed by atoms with Crippen LogP contribution in [0.5, 0.6) is 5.75 Å². The van der Waals surface area contributed by atoms with Crippen molar-refractivity contribution in [1.82, 2.24) is 0 Å². The van der Waals surface area contributed by atoms with Gasteiger partial charge in [0.15, 0.2) is 5.43 Å². The molecule has 3 nitrogen and oxygen atoms in total. The average Bonchev–Trinajstić information content (AvgIpc) is 3.23. The zero-order valence-corrected chi connectivity index (χ0v) is 13.2. The molecule has 1 N–H and O–H groups in total. The van der Waals surface area contributed by atoms with E-state index in [0.717, 1.165) is 5.56 Å². The summed E-state index contributed by atoms with van der Waals surface area (Å²) in [6, 6.07) is 23.4. The van der Waals surface area contributed by atoms with Crippen LogP contribution in [0.1, 0.15) is 0 Å². The van der Waals surface area contributed by atoms with Gasteiger partial charge in [-0.2, -0.15) is 12.1 Å². The summed E-state index contributed by atoms with van der Waals surface area (Å²) in [5.41, 5.74) is 1.14.